The summed E-state index contributed by atoms with van der Waals surface area (Å²) in [6, 6.07) is 4.78. The molecule has 1 fully saturated rings. The number of aromatic nitrogens is 1. The Kier molecular flexibility index (Phi) is 4.55. The first-order valence-corrected chi connectivity index (χ1v) is 6.75. The molecule has 4 heteroatoms. The normalized spacial score (nSPS) is 22.7. The molecular weight excluding hydrogens is 224 g/mol. The van der Waals surface area contributed by atoms with Gasteiger partial charge < -0.3 is 10.2 Å². The van der Waals surface area contributed by atoms with Crippen molar-refractivity contribution in [1.82, 2.24) is 14.8 Å². The molecule has 18 heavy (non-hydrogen) atoms. The van der Waals surface area contributed by atoms with E-state index in [0.29, 0.717) is 6.04 Å². The van der Waals surface area contributed by atoms with E-state index in [2.05, 4.69) is 40.1 Å². The quantitative estimate of drug-likeness (QED) is 0.881. The molecule has 2 heterocycles. The molecule has 1 saturated heterocycles. The van der Waals surface area contributed by atoms with Crippen LogP contribution in [0.15, 0.2) is 18.3 Å². The molecule has 0 amide bonds. The number of nitrogens with zero attached hydrogens (tertiary/aromatic N) is 3. The van der Waals surface area contributed by atoms with E-state index < -0.39 is 0 Å². The number of hydrogen-bond acceptors (Lipinski definition) is 4. The van der Waals surface area contributed by atoms with Crippen LogP contribution in [-0.2, 0) is 6.54 Å². The summed E-state index contributed by atoms with van der Waals surface area (Å²) in [6.07, 6.45) is 3.09. The highest BCUT2D eigenvalue weighted by Gasteiger charge is 2.20. The first-order valence-electron chi connectivity index (χ1n) is 6.75. The van der Waals surface area contributed by atoms with Gasteiger partial charge in [-0.2, -0.15) is 0 Å². The Morgan fingerprint density at radius 1 is 1.44 bits per heavy atom. The molecule has 0 aromatic carbocycles. The van der Waals surface area contributed by atoms with Gasteiger partial charge in [-0.25, -0.2) is 4.98 Å². The van der Waals surface area contributed by atoms with Crippen LogP contribution in [0.1, 0.15) is 18.9 Å². The van der Waals surface area contributed by atoms with Crippen LogP contribution in [0.3, 0.4) is 0 Å². The van der Waals surface area contributed by atoms with Gasteiger partial charge in [0.1, 0.15) is 5.82 Å². The number of likely N-dealkylation sites (N-methyl/N-ethyl adjacent to an activating group) is 1. The lowest BCUT2D eigenvalue weighted by molar-refractivity contribution is 0.195. The number of pyridine rings is 1. The number of hydrogen-bond donors (Lipinski definition) is 1. The molecule has 0 spiro atoms. The zero-order valence-corrected chi connectivity index (χ0v) is 11.7. The summed E-state index contributed by atoms with van der Waals surface area (Å²) in [5.74, 6) is 1.00. The molecule has 1 unspecified atom stereocenters. The van der Waals surface area contributed by atoms with E-state index in [9.17, 15) is 0 Å². The Bertz CT molecular complexity index is 380. The van der Waals surface area contributed by atoms with Crippen molar-refractivity contribution in [3.8, 4) is 0 Å². The average Bonchev–Trinajstić information content (AvgIpc) is 2.52. The third kappa shape index (κ3) is 3.21. The lowest BCUT2D eigenvalue weighted by atomic mass is 10.2. The molecular formula is C14H24N4. The van der Waals surface area contributed by atoms with Crippen LogP contribution in [0.4, 0.5) is 5.82 Å². The first-order chi connectivity index (χ1) is 8.70. The maximum Gasteiger partial charge on any atom is 0.130 e. The minimum Gasteiger partial charge on any atom is -0.373 e. The van der Waals surface area contributed by atoms with Gasteiger partial charge in [-0.3, -0.25) is 4.90 Å². The van der Waals surface area contributed by atoms with Gasteiger partial charge in [0, 0.05) is 44.5 Å². The van der Waals surface area contributed by atoms with Gasteiger partial charge in [-0.05, 0) is 33.0 Å². The minimum atomic E-state index is 0.599. The summed E-state index contributed by atoms with van der Waals surface area (Å²) in [4.78, 5) is 9.36. The minimum absolute atomic E-state index is 0.599. The molecule has 2 rings (SSSR count). The fourth-order valence-corrected chi connectivity index (χ4v) is 2.67. The molecule has 0 radical (unpaired) electrons. The van der Waals surface area contributed by atoms with Gasteiger partial charge in [0.2, 0.25) is 0 Å². The second kappa shape index (κ2) is 6.16. The SMILES string of the molecule is CNc1ncccc1CN1CCCN(C)CC1C. The predicted octanol–water partition coefficient (Wildman–Crippen LogP) is 1.65. The average molecular weight is 248 g/mol. The van der Waals surface area contributed by atoms with Crippen LogP contribution in [0.5, 0.6) is 0 Å². The Balaban J connectivity index is 2.07. The van der Waals surface area contributed by atoms with Crippen molar-refractivity contribution in [2.45, 2.75) is 25.9 Å². The van der Waals surface area contributed by atoms with Crippen molar-refractivity contribution in [2.24, 2.45) is 0 Å². The van der Waals surface area contributed by atoms with Crippen LogP contribution >= 0.6 is 0 Å². The maximum absolute atomic E-state index is 4.38. The van der Waals surface area contributed by atoms with Crippen LogP contribution in [-0.4, -0.2) is 54.6 Å². The standard InChI is InChI=1S/C14H24N4/c1-12-10-17(3)8-5-9-18(12)11-13-6-4-7-16-14(13)15-2/h4,6-7,12H,5,8-11H2,1-3H3,(H,15,16). The number of nitrogens with one attached hydrogen (secondary N) is 1. The number of rotatable bonds is 3. The molecule has 1 aromatic heterocycles. The van der Waals surface area contributed by atoms with E-state index in [4.69, 9.17) is 0 Å². The first kappa shape index (κ1) is 13.3. The van der Waals surface area contributed by atoms with Crippen LogP contribution < -0.4 is 5.32 Å². The Morgan fingerprint density at radius 3 is 3.06 bits per heavy atom. The maximum atomic E-state index is 4.38. The third-order valence-corrected chi connectivity index (χ3v) is 3.69. The zero-order valence-electron chi connectivity index (χ0n) is 11.7. The van der Waals surface area contributed by atoms with E-state index >= 15 is 0 Å². The fourth-order valence-electron chi connectivity index (χ4n) is 2.67. The van der Waals surface area contributed by atoms with E-state index in [1.165, 1.54) is 25.1 Å². The predicted molar refractivity (Wildman–Crippen MR) is 75.8 cm³/mol. The van der Waals surface area contributed by atoms with Crippen LogP contribution in [0.25, 0.3) is 0 Å². The highest BCUT2D eigenvalue weighted by atomic mass is 15.2. The van der Waals surface area contributed by atoms with Crippen molar-refractivity contribution in [3.05, 3.63) is 23.9 Å². The van der Waals surface area contributed by atoms with Crippen LogP contribution in [0, 0.1) is 0 Å². The van der Waals surface area contributed by atoms with Gasteiger partial charge in [0.05, 0.1) is 0 Å². The van der Waals surface area contributed by atoms with Gasteiger partial charge in [0.25, 0.3) is 0 Å². The summed E-state index contributed by atoms with van der Waals surface area (Å²) in [6.45, 7) is 6.82. The van der Waals surface area contributed by atoms with E-state index in [0.717, 1.165) is 18.9 Å². The van der Waals surface area contributed by atoms with E-state index in [-0.39, 0.29) is 0 Å². The van der Waals surface area contributed by atoms with Crippen LogP contribution in [0.2, 0.25) is 0 Å². The largest absolute Gasteiger partial charge is 0.373 e. The summed E-state index contributed by atoms with van der Waals surface area (Å²) >= 11 is 0. The Morgan fingerprint density at radius 2 is 2.28 bits per heavy atom. The lowest BCUT2D eigenvalue weighted by Gasteiger charge is -2.28. The molecule has 100 valence electrons. The summed E-state index contributed by atoms with van der Waals surface area (Å²) in [7, 11) is 4.15. The van der Waals surface area contributed by atoms with Gasteiger partial charge >= 0.3 is 0 Å². The molecule has 0 saturated carbocycles. The summed E-state index contributed by atoms with van der Waals surface area (Å²) < 4.78 is 0. The van der Waals surface area contributed by atoms with Gasteiger partial charge in [-0.15, -0.1) is 0 Å². The van der Waals surface area contributed by atoms with Crippen molar-refractivity contribution in [2.75, 3.05) is 39.0 Å². The van der Waals surface area contributed by atoms with Crippen molar-refractivity contribution in [3.63, 3.8) is 0 Å². The zero-order chi connectivity index (χ0) is 13.0. The highest BCUT2D eigenvalue weighted by molar-refractivity contribution is 5.42. The molecule has 1 atom stereocenters. The fraction of sp³-hybridized carbons (Fsp3) is 0.643. The molecule has 1 aliphatic rings. The van der Waals surface area contributed by atoms with E-state index in [1.54, 1.807) is 0 Å². The lowest BCUT2D eigenvalue weighted by Crippen LogP contribution is -2.37. The molecule has 1 aliphatic heterocycles. The monoisotopic (exact) mass is 248 g/mol. The highest BCUT2D eigenvalue weighted by Crippen LogP contribution is 2.17. The van der Waals surface area contributed by atoms with Crippen molar-refractivity contribution in [1.29, 1.82) is 0 Å². The molecule has 1 N–H and O–H groups in total. The molecule has 0 aliphatic carbocycles. The molecule has 4 nitrogen and oxygen atoms in total. The smallest absolute Gasteiger partial charge is 0.130 e. The number of anilines is 1. The summed E-state index contributed by atoms with van der Waals surface area (Å²) in [5, 5.41) is 3.18. The Hall–Kier alpha value is -1.13. The van der Waals surface area contributed by atoms with Crippen molar-refractivity contribution >= 4 is 5.82 Å². The second-order valence-corrected chi connectivity index (χ2v) is 5.20. The second-order valence-electron chi connectivity index (χ2n) is 5.20. The van der Waals surface area contributed by atoms with Gasteiger partial charge in [-0.1, -0.05) is 6.07 Å². The van der Waals surface area contributed by atoms with E-state index in [1.807, 2.05) is 19.3 Å². The Labute approximate surface area is 110 Å². The van der Waals surface area contributed by atoms with Crippen molar-refractivity contribution < 1.29 is 0 Å². The molecule has 1 aromatic rings. The third-order valence-electron chi connectivity index (χ3n) is 3.69. The topological polar surface area (TPSA) is 31.4 Å². The summed E-state index contributed by atoms with van der Waals surface area (Å²) in [5.41, 5.74) is 1.29. The molecule has 0 bridgehead atoms. The van der Waals surface area contributed by atoms with Gasteiger partial charge in [0.15, 0.2) is 0 Å².